The molecular weight excluding hydrogens is 385 g/mol. The van der Waals surface area contributed by atoms with E-state index in [0.29, 0.717) is 5.92 Å². The minimum atomic E-state index is -4.14. The number of halogens is 3. The average molecular weight is 399 g/mol. The van der Waals surface area contributed by atoms with E-state index in [0.717, 1.165) is 31.4 Å². The van der Waals surface area contributed by atoms with Crippen molar-refractivity contribution in [2.45, 2.75) is 37.1 Å². The van der Waals surface area contributed by atoms with Gasteiger partial charge in [-0.25, -0.2) is 12.8 Å². The van der Waals surface area contributed by atoms with Gasteiger partial charge in [-0.2, -0.15) is 0 Å². The molecule has 1 fully saturated rings. The van der Waals surface area contributed by atoms with Crippen molar-refractivity contribution in [1.29, 1.82) is 0 Å². The highest BCUT2D eigenvalue weighted by molar-refractivity contribution is 9.10. The maximum absolute atomic E-state index is 13.5. The SMILES string of the molecule is CCCC1CC1NC(=O)c1cc(F)cc(S(=O)(=O)Cl)c1Br. The minimum absolute atomic E-state index is 0.0240. The van der Waals surface area contributed by atoms with Gasteiger partial charge in [-0.1, -0.05) is 13.3 Å². The Hall–Kier alpha value is -0.660. The Labute approximate surface area is 135 Å². The molecule has 1 N–H and O–H groups in total. The molecule has 2 unspecified atom stereocenters. The second-order valence-electron chi connectivity index (χ2n) is 5.07. The summed E-state index contributed by atoms with van der Waals surface area (Å²) in [6.45, 7) is 2.07. The fourth-order valence-electron chi connectivity index (χ4n) is 2.27. The van der Waals surface area contributed by atoms with Crippen molar-refractivity contribution in [1.82, 2.24) is 5.32 Å². The van der Waals surface area contributed by atoms with Crippen LogP contribution in [0.4, 0.5) is 4.39 Å². The smallest absolute Gasteiger partial charge is 0.262 e. The number of benzene rings is 1. The van der Waals surface area contributed by atoms with Crippen LogP contribution in [0.15, 0.2) is 21.5 Å². The van der Waals surface area contributed by atoms with E-state index in [1.807, 2.05) is 0 Å². The molecule has 1 amide bonds. The lowest BCUT2D eigenvalue weighted by Gasteiger charge is -2.09. The maximum Gasteiger partial charge on any atom is 0.262 e. The molecule has 4 nitrogen and oxygen atoms in total. The van der Waals surface area contributed by atoms with Gasteiger partial charge in [0.25, 0.3) is 15.0 Å². The van der Waals surface area contributed by atoms with Gasteiger partial charge in [0.15, 0.2) is 0 Å². The first-order valence-corrected chi connectivity index (χ1v) is 9.58. The van der Waals surface area contributed by atoms with Crippen molar-refractivity contribution < 1.29 is 17.6 Å². The van der Waals surface area contributed by atoms with Gasteiger partial charge in [-0.05, 0) is 46.8 Å². The molecule has 0 bridgehead atoms. The Balaban J connectivity index is 2.24. The number of hydrogen-bond donors (Lipinski definition) is 1. The Morgan fingerprint density at radius 3 is 2.76 bits per heavy atom. The number of amides is 1. The molecule has 1 aromatic carbocycles. The van der Waals surface area contributed by atoms with E-state index < -0.39 is 25.7 Å². The third kappa shape index (κ3) is 3.96. The van der Waals surface area contributed by atoms with Crippen LogP contribution in [-0.4, -0.2) is 20.4 Å². The van der Waals surface area contributed by atoms with Crippen LogP contribution in [0.2, 0.25) is 0 Å². The number of rotatable bonds is 5. The number of hydrogen-bond acceptors (Lipinski definition) is 3. The zero-order valence-electron chi connectivity index (χ0n) is 11.2. The zero-order chi connectivity index (χ0) is 15.8. The van der Waals surface area contributed by atoms with Gasteiger partial charge in [-0.3, -0.25) is 4.79 Å². The van der Waals surface area contributed by atoms with Crippen molar-refractivity contribution in [3.05, 3.63) is 28.0 Å². The second-order valence-corrected chi connectivity index (χ2v) is 8.40. The van der Waals surface area contributed by atoms with Crippen LogP contribution in [0.5, 0.6) is 0 Å². The Bertz CT molecular complexity index is 680. The molecule has 0 spiro atoms. The summed E-state index contributed by atoms with van der Waals surface area (Å²) in [7, 11) is 1.10. The van der Waals surface area contributed by atoms with Gasteiger partial charge in [0.2, 0.25) is 0 Å². The third-order valence-electron chi connectivity index (χ3n) is 3.41. The molecule has 0 radical (unpaired) electrons. The van der Waals surface area contributed by atoms with E-state index in [1.54, 1.807) is 0 Å². The summed E-state index contributed by atoms with van der Waals surface area (Å²) in [5, 5.41) is 2.78. The molecule has 2 rings (SSSR count). The van der Waals surface area contributed by atoms with Gasteiger partial charge in [0.1, 0.15) is 10.7 Å². The van der Waals surface area contributed by atoms with E-state index in [1.165, 1.54) is 0 Å². The molecule has 0 aliphatic heterocycles. The molecule has 1 aliphatic carbocycles. The van der Waals surface area contributed by atoms with Crippen LogP contribution in [0.25, 0.3) is 0 Å². The van der Waals surface area contributed by atoms with E-state index in [9.17, 15) is 17.6 Å². The lowest BCUT2D eigenvalue weighted by Crippen LogP contribution is -2.27. The highest BCUT2D eigenvalue weighted by Gasteiger charge is 2.37. The van der Waals surface area contributed by atoms with Crippen LogP contribution in [0, 0.1) is 11.7 Å². The molecule has 0 heterocycles. The van der Waals surface area contributed by atoms with E-state index in [-0.39, 0.29) is 16.1 Å². The fourth-order valence-corrected chi connectivity index (χ4v) is 4.54. The molecule has 116 valence electrons. The van der Waals surface area contributed by atoms with Crippen LogP contribution in [-0.2, 0) is 9.05 Å². The predicted molar refractivity (Wildman–Crippen MR) is 81.4 cm³/mol. The summed E-state index contributed by atoms with van der Waals surface area (Å²) < 4.78 is 36.3. The van der Waals surface area contributed by atoms with Gasteiger partial charge >= 0.3 is 0 Å². The summed E-state index contributed by atoms with van der Waals surface area (Å²) in [6, 6.07) is 1.84. The monoisotopic (exact) mass is 397 g/mol. The largest absolute Gasteiger partial charge is 0.349 e. The van der Waals surface area contributed by atoms with Crippen LogP contribution < -0.4 is 5.32 Å². The molecule has 21 heavy (non-hydrogen) atoms. The summed E-state index contributed by atoms with van der Waals surface area (Å²) >= 11 is 3.02. The van der Waals surface area contributed by atoms with Crippen LogP contribution in [0.3, 0.4) is 0 Å². The first-order valence-electron chi connectivity index (χ1n) is 6.48. The lowest BCUT2D eigenvalue weighted by molar-refractivity contribution is 0.0947. The van der Waals surface area contributed by atoms with Crippen molar-refractivity contribution in [3.8, 4) is 0 Å². The first-order chi connectivity index (χ1) is 9.74. The summed E-state index contributed by atoms with van der Waals surface area (Å²) in [5.74, 6) is -0.891. The highest BCUT2D eigenvalue weighted by Crippen LogP contribution is 2.35. The van der Waals surface area contributed by atoms with Gasteiger partial charge in [0, 0.05) is 16.7 Å². The molecule has 1 aromatic rings. The van der Waals surface area contributed by atoms with Crippen LogP contribution >= 0.6 is 26.6 Å². The Morgan fingerprint density at radius 2 is 2.19 bits per heavy atom. The Morgan fingerprint density at radius 1 is 1.52 bits per heavy atom. The standard InChI is InChI=1S/C13H14BrClFNO3S/c1-2-3-7-4-10(7)17-13(18)9-5-8(16)6-11(12(9)14)21(15,19)20/h5-7,10H,2-4H2,1H3,(H,17,18). The van der Waals surface area contributed by atoms with E-state index >= 15 is 0 Å². The average Bonchev–Trinajstić information content (AvgIpc) is 3.08. The summed E-state index contributed by atoms with van der Waals surface area (Å²) in [5.41, 5.74) is -0.0728. The van der Waals surface area contributed by atoms with Gasteiger partial charge < -0.3 is 5.32 Å². The second kappa shape index (κ2) is 6.22. The topological polar surface area (TPSA) is 63.2 Å². The molecule has 0 aromatic heterocycles. The maximum atomic E-state index is 13.5. The fraction of sp³-hybridized carbons (Fsp3) is 0.462. The van der Waals surface area contributed by atoms with Crippen molar-refractivity contribution in [3.63, 3.8) is 0 Å². The van der Waals surface area contributed by atoms with E-state index in [2.05, 4.69) is 28.2 Å². The first kappa shape index (κ1) is 16.7. The quantitative estimate of drug-likeness (QED) is 0.773. The van der Waals surface area contributed by atoms with Crippen LogP contribution in [0.1, 0.15) is 36.5 Å². The predicted octanol–water partition coefficient (Wildman–Crippen LogP) is 3.43. The molecule has 1 saturated carbocycles. The lowest BCUT2D eigenvalue weighted by atomic mass is 10.2. The summed E-state index contributed by atoms with van der Waals surface area (Å²) in [6.07, 6.45) is 2.96. The van der Waals surface area contributed by atoms with Crippen molar-refractivity contribution in [2.75, 3.05) is 0 Å². The highest BCUT2D eigenvalue weighted by atomic mass is 79.9. The van der Waals surface area contributed by atoms with Gasteiger partial charge in [-0.15, -0.1) is 0 Å². The van der Waals surface area contributed by atoms with Crippen molar-refractivity contribution >= 4 is 41.6 Å². The summed E-state index contributed by atoms with van der Waals surface area (Å²) in [4.78, 5) is 11.7. The molecule has 8 heteroatoms. The molecular formula is C13H14BrClFNO3S. The number of carbonyl (C=O) groups is 1. The number of nitrogens with one attached hydrogen (secondary N) is 1. The van der Waals surface area contributed by atoms with E-state index in [4.69, 9.17) is 10.7 Å². The Kier molecular flexibility index (Phi) is 4.95. The molecule has 1 aliphatic rings. The normalized spacial score (nSPS) is 21.1. The molecule has 0 saturated heterocycles. The molecule has 2 atom stereocenters. The zero-order valence-corrected chi connectivity index (χ0v) is 14.4. The minimum Gasteiger partial charge on any atom is -0.349 e. The third-order valence-corrected chi connectivity index (χ3v) is 5.87. The van der Waals surface area contributed by atoms with Crippen molar-refractivity contribution in [2.24, 2.45) is 5.92 Å². The number of carbonyl (C=O) groups excluding carboxylic acids is 1. The van der Waals surface area contributed by atoms with Gasteiger partial charge in [0.05, 0.1) is 10.0 Å².